The molecule has 0 unspecified atom stereocenters. The van der Waals surface area contributed by atoms with Crippen LogP contribution in [-0.4, -0.2) is 80.1 Å². The number of aliphatic imine (C=N–C) groups is 4. The molecule has 28 nitrogen and oxygen atoms in total. The molecular formula is C80H76N8Ni2O20Sm2. The maximum absolute atomic E-state index is 11.8. The van der Waals surface area contributed by atoms with E-state index in [1.165, 1.54) is 144 Å². The number of benzene rings is 10. The van der Waals surface area contributed by atoms with Crippen LogP contribution in [0.2, 0.25) is 0 Å². The van der Waals surface area contributed by atoms with Crippen LogP contribution >= 0.6 is 0 Å². The molecule has 6 N–H and O–H groups in total. The number of nitrogens with zero attached hydrogens (tertiary/aromatic N) is 8. The topological polar surface area (TPSA) is 531 Å². The van der Waals surface area contributed by atoms with Gasteiger partial charge in [-0.2, -0.15) is 21.0 Å². The van der Waals surface area contributed by atoms with Gasteiger partial charge in [0.15, 0.2) is 0 Å². The number of hydrogen-bond donors (Lipinski definition) is 0. The van der Waals surface area contributed by atoms with E-state index in [1.807, 2.05) is 0 Å². The Balaban J connectivity index is -0.000000291. The van der Waals surface area contributed by atoms with E-state index >= 15 is 0 Å². The fourth-order valence-electron chi connectivity index (χ4n) is 7.57. The summed E-state index contributed by atoms with van der Waals surface area (Å²) in [6, 6.07) is 61.4. The number of para-hydroxylation sites is 14. The first-order valence-electron chi connectivity index (χ1n) is 30.5. The van der Waals surface area contributed by atoms with E-state index in [0.29, 0.717) is 57.6 Å². The molecule has 0 amide bonds. The van der Waals surface area contributed by atoms with E-state index in [-0.39, 0.29) is 228 Å². The van der Waals surface area contributed by atoms with Crippen molar-refractivity contribution in [1.29, 1.82) is 21.0 Å². The summed E-state index contributed by atoms with van der Waals surface area (Å²) < 4.78 is 29.1. The molecule has 0 heterocycles. The van der Waals surface area contributed by atoms with Gasteiger partial charge in [-0.3, -0.25) is 29.6 Å². The summed E-state index contributed by atoms with van der Waals surface area (Å²) in [5.41, 5.74) is 3.03. The summed E-state index contributed by atoms with van der Waals surface area (Å²) in [6.45, 7) is 5.72. The Hall–Kier alpha value is -11.4. The first kappa shape index (κ1) is 111. The SMILES string of the molecule is CC#N.CC#N.CC#N.CC#N.COc1cccc(C=Nc2ccccc2[O-])c1[O-].COc1cccc(C=Nc2ccccc2[O-])c1[O-].COc1cccc(C=Nc2ccccc2[O-])c1[O-].COc1cccc(C=Nc2ccccc2[O-])c1[O-].COc1cccc(C=O)c1[O-].COc1cccc(C=O)c1[O-].[Ni+2].[Ni+3].[OH3+].[OH3+].[Sm+3].[Sm]. The van der Waals surface area contributed by atoms with Crippen molar-refractivity contribution in [2.24, 2.45) is 20.0 Å². The summed E-state index contributed by atoms with van der Waals surface area (Å²) in [5, 5.41) is 144. The summed E-state index contributed by atoms with van der Waals surface area (Å²) in [4.78, 5) is 36.6. The van der Waals surface area contributed by atoms with Crippen LogP contribution in [0.25, 0.3) is 0 Å². The van der Waals surface area contributed by atoms with Gasteiger partial charge in [0, 0.05) is 104 Å². The van der Waals surface area contributed by atoms with Gasteiger partial charge in [-0.25, -0.2) is 0 Å². The number of carbonyl (C=O) groups is 2. The minimum atomic E-state index is -0.356. The van der Waals surface area contributed by atoms with Crippen LogP contribution in [0, 0.1) is 126 Å². The number of carbonyl (C=O) groups excluding carboxylic acids is 2. The van der Waals surface area contributed by atoms with Crippen molar-refractivity contribution in [2.45, 2.75) is 27.7 Å². The monoisotopic (exact) mass is 1890 g/mol. The molecule has 0 aliphatic carbocycles. The number of nitriles is 4. The number of hydrogen-bond acceptors (Lipinski definition) is 26. The molecule has 2 radical (unpaired) electrons. The molecule has 0 aliphatic heterocycles. The third-order valence-corrected chi connectivity index (χ3v) is 12.5. The molecule has 112 heavy (non-hydrogen) atoms. The Morgan fingerprint density at radius 1 is 0.286 bits per heavy atom. The van der Waals surface area contributed by atoms with E-state index in [9.17, 15) is 60.7 Å². The normalized spacial score (nSPS) is 8.98. The zero-order chi connectivity index (χ0) is 79.2. The number of methoxy groups -OCH3 is 6. The van der Waals surface area contributed by atoms with Crippen LogP contribution in [0.1, 0.15) is 70.7 Å². The van der Waals surface area contributed by atoms with E-state index < -0.39 is 0 Å². The molecule has 0 aromatic heterocycles. The average molecular weight is 1890 g/mol. The van der Waals surface area contributed by atoms with Gasteiger partial charge in [0.25, 0.3) is 0 Å². The second-order valence-corrected chi connectivity index (χ2v) is 19.3. The molecule has 0 atom stereocenters. The first-order valence-corrected chi connectivity index (χ1v) is 30.5. The predicted molar refractivity (Wildman–Crippen MR) is 393 cm³/mol. The smallest absolute Gasteiger partial charge is 0.871 e. The first-order chi connectivity index (χ1) is 51.1. The standard InChI is InChI=1S/4C14H13NO3.2C8H8O3.4C2H3N.2Ni.2H2O.2Sm/c4*1-18-13-8-4-5-10(14(13)17)9-15-11-6-2-3-7-12(11)16;2*1-11-7-4-2-3-6(5-9)8(7)10;4*1-2-3;;;;;;/h4*2-9,16-17H,1H3;2*2-5,10H,1H3;4*1H3;;;2*1H2;;/q;;;;;;;;;;+2;+3;;;;+3/p-8. The van der Waals surface area contributed by atoms with Gasteiger partial charge < -0.3 is 90.4 Å². The van der Waals surface area contributed by atoms with Gasteiger partial charge in [0.1, 0.15) is 47.1 Å². The van der Waals surface area contributed by atoms with Crippen molar-refractivity contribution in [3.63, 3.8) is 0 Å². The van der Waals surface area contributed by atoms with Gasteiger partial charge in [0.05, 0.1) is 89.7 Å². The van der Waals surface area contributed by atoms with Crippen LogP contribution in [0.3, 0.4) is 0 Å². The third kappa shape index (κ3) is 40.3. The van der Waals surface area contributed by atoms with E-state index in [4.69, 9.17) is 49.5 Å². The Kier molecular flexibility index (Phi) is 66.2. The van der Waals surface area contributed by atoms with Crippen LogP contribution in [0.4, 0.5) is 22.7 Å². The second-order valence-electron chi connectivity index (χ2n) is 19.3. The molecule has 0 fully saturated rings. The van der Waals surface area contributed by atoms with Gasteiger partial charge in [0.2, 0.25) is 0 Å². The van der Waals surface area contributed by atoms with Crippen molar-refractivity contribution in [2.75, 3.05) is 42.7 Å². The molecule has 0 saturated heterocycles. The third-order valence-electron chi connectivity index (χ3n) is 12.5. The largest absolute Gasteiger partial charge is 3.00 e. The second kappa shape index (κ2) is 66.5. The van der Waals surface area contributed by atoms with E-state index in [1.54, 1.807) is 182 Å². The molecule has 10 aromatic carbocycles. The van der Waals surface area contributed by atoms with Gasteiger partial charge in [-0.1, -0.05) is 203 Å². The summed E-state index contributed by atoms with van der Waals surface area (Å²) in [7, 11) is 8.53. The van der Waals surface area contributed by atoms with Gasteiger partial charge in [-0.15, -0.1) is 0 Å². The Morgan fingerprint density at radius 3 is 0.571 bits per heavy atom. The van der Waals surface area contributed by atoms with E-state index in [0.717, 1.165) is 0 Å². The molecule has 588 valence electrons. The quantitative estimate of drug-likeness (QED) is 0.0385. The fraction of sp³-hybridized carbons (Fsp3) is 0.125. The molecule has 0 spiro atoms. The van der Waals surface area contributed by atoms with Crippen molar-refractivity contribution in [1.82, 2.24) is 0 Å². The van der Waals surface area contributed by atoms with Crippen molar-refractivity contribution < 1.29 is 214 Å². The van der Waals surface area contributed by atoms with Gasteiger partial charge in [-0.05, 0) is 82.9 Å². The molecule has 10 aromatic rings. The Labute approximate surface area is 734 Å². The summed E-state index contributed by atoms with van der Waals surface area (Å²) in [5.74, 6) is -0.952. The molecule has 0 aliphatic rings. The zero-order valence-corrected chi connectivity index (χ0v) is 68.8. The maximum Gasteiger partial charge on any atom is 3.00 e. The average Bonchev–Trinajstić information content (AvgIpc) is 0.869. The predicted octanol–water partition coefficient (Wildman–Crippen LogP) is 7.81. The van der Waals surface area contributed by atoms with Crippen LogP contribution < -0.4 is 79.5 Å². The zero-order valence-electron chi connectivity index (χ0n) is 61.6. The van der Waals surface area contributed by atoms with Crippen molar-refractivity contribution >= 4 is 60.2 Å². The molecule has 0 saturated carbocycles. The van der Waals surface area contributed by atoms with Crippen LogP contribution in [0.15, 0.2) is 226 Å². The minimum absolute atomic E-state index is 0. The molecule has 32 heteroatoms. The molecular weight excluding hydrogens is 1810 g/mol. The number of aldehydes is 2. The number of rotatable bonds is 16. The maximum atomic E-state index is 11.8. The van der Waals surface area contributed by atoms with Crippen molar-refractivity contribution in [3.8, 4) is 116 Å². The fourth-order valence-corrected chi connectivity index (χ4v) is 7.57. The summed E-state index contributed by atoms with van der Waals surface area (Å²) >= 11 is 0. The Bertz CT molecular complexity index is 4160. The van der Waals surface area contributed by atoms with Gasteiger partial charge >= 0.3 is 73.4 Å². The van der Waals surface area contributed by atoms with Crippen LogP contribution in [-0.2, 0) is 43.9 Å². The van der Waals surface area contributed by atoms with E-state index in [2.05, 4.69) is 20.0 Å². The Morgan fingerprint density at radius 2 is 0.429 bits per heavy atom. The van der Waals surface area contributed by atoms with Crippen LogP contribution in [0.5, 0.6) is 92.0 Å². The minimum Gasteiger partial charge on any atom is -0.871 e. The molecule has 10 rings (SSSR count). The summed E-state index contributed by atoms with van der Waals surface area (Å²) in [6.07, 6.45) is 6.54. The number of ether oxygens (including phenoxy) is 6. The van der Waals surface area contributed by atoms with Crippen molar-refractivity contribution in [3.05, 3.63) is 240 Å². The molecule has 0 bridgehead atoms.